The molecule has 296 valence electrons. The molecule has 2 unspecified atom stereocenters. The van der Waals surface area contributed by atoms with Crippen LogP contribution in [-0.2, 0) is 87.7 Å². The number of nitrogens with zero attached hydrogens (tertiary/aromatic N) is 7. The third-order valence-corrected chi connectivity index (χ3v) is 8.71. The minimum Gasteiger partial charge on any atom is -0.858 e. The Bertz CT molecular complexity index is 1770. The van der Waals surface area contributed by atoms with Crippen LogP contribution >= 0.6 is 0 Å². The predicted molar refractivity (Wildman–Crippen MR) is 204 cm³/mol. The molecule has 1 aromatic carbocycles. The molecule has 0 fully saturated rings. The van der Waals surface area contributed by atoms with E-state index in [4.69, 9.17) is 9.47 Å². The van der Waals surface area contributed by atoms with Crippen LogP contribution in [-0.4, -0.2) is 87.4 Å². The Kier molecular flexibility index (Phi) is 23.4. The second-order valence-electron chi connectivity index (χ2n) is 13.5. The van der Waals surface area contributed by atoms with Crippen LogP contribution in [0, 0.1) is 0 Å². The van der Waals surface area contributed by atoms with Gasteiger partial charge < -0.3 is 34.9 Å². The molecule has 0 bridgehead atoms. The maximum Gasteiger partial charge on any atom is 2.00 e. The molecule has 0 amide bonds. The monoisotopic (exact) mass is 887 g/mol. The minimum absolute atomic E-state index is 0. The van der Waals surface area contributed by atoms with Crippen LogP contribution in [0.5, 0.6) is 0 Å². The van der Waals surface area contributed by atoms with E-state index in [-0.39, 0.29) is 58.7 Å². The fraction of sp³-hybridized carbons (Fsp3) is 0.372. The Morgan fingerprint density at radius 1 is 0.586 bits per heavy atom. The van der Waals surface area contributed by atoms with Crippen LogP contribution in [0.2, 0.25) is 0 Å². The molecule has 4 heterocycles. The summed E-state index contributed by atoms with van der Waals surface area (Å²) in [6, 6.07) is 29.2. The van der Waals surface area contributed by atoms with Gasteiger partial charge in [0.1, 0.15) is 0 Å². The van der Waals surface area contributed by atoms with Crippen LogP contribution in [0.15, 0.2) is 121 Å². The average Bonchev–Trinajstić information content (AvgIpc) is 3.22. The molecular weight excluding hydrogens is 841 g/mol. The van der Waals surface area contributed by atoms with Crippen LogP contribution < -0.4 is 20.4 Å². The van der Waals surface area contributed by atoms with E-state index < -0.39 is 24.7 Å². The average molecular weight is 891 g/mol. The third kappa shape index (κ3) is 18.0. The Hall–Kier alpha value is -3.74. The zero-order chi connectivity index (χ0) is 39.2. The SMILES string of the molecule is [O-]CC([O-])COCCCCOCC([O-])CN=C([O-])c1cc(CN(Cc2ccccn2)Cc2ccccn2)ccc1CN(Cc1ccccn1)Cc1ccccn1.[Zn+2].[Zn+2]. The van der Waals surface area contributed by atoms with Crippen molar-refractivity contribution in [2.45, 2.75) is 64.3 Å². The zero-order valence-corrected chi connectivity index (χ0v) is 39.0. The molecule has 0 spiro atoms. The largest absolute Gasteiger partial charge is 2.00 e. The summed E-state index contributed by atoms with van der Waals surface area (Å²) >= 11 is 0. The summed E-state index contributed by atoms with van der Waals surface area (Å²) in [5, 5.41) is 48.5. The number of pyridine rings is 4. The third-order valence-electron chi connectivity index (χ3n) is 8.71. The van der Waals surface area contributed by atoms with Gasteiger partial charge in [-0.15, -0.1) is 6.10 Å². The summed E-state index contributed by atoms with van der Waals surface area (Å²) in [6.07, 6.45) is 5.87. The van der Waals surface area contributed by atoms with E-state index in [1.165, 1.54) is 0 Å². The van der Waals surface area contributed by atoms with Gasteiger partial charge >= 0.3 is 39.0 Å². The van der Waals surface area contributed by atoms with Crippen molar-refractivity contribution in [3.63, 3.8) is 0 Å². The Balaban J connectivity index is 0.00000450. The molecule has 0 N–H and O–H groups in total. The van der Waals surface area contributed by atoms with Crippen LogP contribution in [0.4, 0.5) is 0 Å². The van der Waals surface area contributed by atoms with E-state index in [0.29, 0.717) is 70.9 Å². The first-order valence-corrected chi connectivity index (χ1v) is 18.9. The first kappa shape index (κ1) is 48.6. The van der Waals surface area contributed by atoms with Crippen molar-refractivity contribution in [1.29, 1.82) is 0 Å². The summed E-state index contributed by atoms with van der Waals surface area (Å²) in [6.45, 7) is 2.66. The van der Waals surface area contributed by atoms with Crippen molar-refractivity contribution < 1.29 is 68.9 Å². The Morgan fingerprint density at radius 2 is 1.03 bits per heavy atom. The standard InChI is InChI=1S/C43H50N7O6.2Zn/c51-31-41(53)33-56-22-10-9-21-55-32-40(52)24-48-43(54)42-23-34(25-49(27-36-11-1-5-17-44-36)28-37-12-2-6-18-45-37)15-16-35(42)26-50(29-38-13-3-7-19-46-38)30-39-14-4-8-20-47-39;;/h1-8,11-20,23,40-41H,9-10,21-22,24-33H2,(H,48,54);;/q-3;2*+2/p-1. The van der Waals surface area contributed by atoms with Crippen molar-refractivity contribution in [2.75, 3.05) is 39.6 Å². The van der Waals surface area contributed by atoms with Crippen LogP contribution in [0.1, 0.15) is 52.3 Å². The predicted octanol–water partition coefficient (Wildman–Crippen LogP) is 1.40. The summed E-state index contributed by atoms with van der Waals surface area (Å²) < 4.78 is 10.7. The van der Waals surface area contributed by atoms with Crippen LogP contribution in [0.3, 0.4) is 0 Å². The number of rotatable bonds is 25. The fourth-order valence-corrected chi connectivity index (χ4v) is 5.98. The molecule has 5 aromatic rings. The normalized spacial score (nSPS) is 12.5. The molecule has 4 aromatic heterocycles. The number of hydrogen-bond donors (Lipinski definition) is 0. The van der Waals surface area contributed by atoms with Crippen molar-refractivity contribution in [3.05, 3.63) is 155 Å². The summed E-state index contributed by atoms with van der Waals surface area (Å²) in [7, 11) is 0. The van der Waals surface area contributed by atoms with Gasteiger partial charge in [-0.1, -0.05) is 42.5 Å². The second kappa shape index (κ2) is 27.9. The Labute approximate surface area is 366 Å². The number of aromatic nitrogens is 4. The summed E-state index contributed by atoms with van der Waals surface area (Å²) in [5.41, 5.74) is 5.70. The molecule has 2 atom stereocenters. The van der Waals surface area contributed by atoms with Gasteiger partial charge in [-0.05, 0) is 90.0 Å². The van der Waals surface area contributed by atoms with Gasteiger partial charge in [-0.3, -0.25) is 29.7 Å². The molecule has 15 heteroatoms. The Morgan fingerprint density at radius 3 is 1.47 bits per heavy atom. The van der Waals surface area contributed by atoms with Crippen molar-refractivity contribution in [2.24, 2.45) is 4.99 Å². The fourth-order valence-electron chi connectivity index (χ4n) is 5.98. The van der Waals surface area contributed by atoms with Gasteiger partial charge in [0.25, 0.3) is 0 Å². The van der Waals surface area contributed by atoms with E-state index in [1.807, 2.05) is 91.0 Å². The van der Waals surface area contributed by atoms with Gasteiger partial charge in [-0.25, -0.2) is 0 Å². The van der Waals surface area contributed by atoms with E-state index in [9.17, 15) is 20.4 Å². The number of hydrogen-bond acceptors (Lipinski definition) is 13. The van der Waals surface area contributed by atoms with Crippen molar-refractivity contribution in [3.8, 4) is 0 Å². The van der Waals surface area contributed by atoms with E-state index in [0.717, 1.165) is 33.9 Å². The van der Waals surface area contributed by atoms with Crippen LogP contribution in [0.25, 0.3) is 0 Å². The maximum atomic E-state index is 14.0. The van der Waals surface area contributed by atoms with Gasteiger partial charge in [0.2, 0.25) is 0 Å². The van der Waals surface area contributed by atoms with Gasteiger partial charge in [-0.2, -0.15) is 6.61 Å². The zero-order valence-electron chi connectivity index (χ0n) is 33.0. The van der Waals surface area contributed by atoms with E-state index >= 15 is 0 Å². The maximum absolute atomic E-state index is 14.0. The molecular formula is C43H49N7O6Zn2. The van der Waals surface area contributed by atoms with Gasteiger partial charge in [0, 0.05) is 97.0 Å². The number of ether oxygens (including phenoxy) is 2. The smallest absolute Gasteiger partial charge is 0.858 e. The molecule has 0 aliphatic heterocycles. The van der Waals surface area contributed by atoms with Gasteiger partial charge in [0.15, 0.2) is 0 Å². The topological polar surface area (TPSA) is 181 Å². The molecule has 0 aliphatic carbocycles. The van der Waals surface area contributed by atoms with Gasteiger partial charge in [0.05, 0.1) is 22.8 Å². The molecule has 0 saturated carbocycles. The van der Waals surface area contributed by atoms with Crippen molar-refractivity contribution in [1.82, 2.24) is 29.7 Å². The van der Waals surface area contributed by atoms with Crippen molar-refractivity contribution >= 4 is 5.90 Å². The molecule has 5 rings (SSSR count). The summed E-state index contributed by atoms with van der Waals surface area (Å²) in [4.78, 5) is 26.9. The summed E-state index contributed by atoms with van der Waals surface area (Å²) in [5.74, 6) is -0.466. The van der Waals surface area contributed by atoms with E-state index in [2.05, 4.69) is 34.7 Å². The first-order chi connectivity index (χ1) is 27.4. The molecule has 58 heavy (non-hydrogen) atoms. The molecule has 0 radical (unpaired) electrons. The second-order valence-corrected chi connectivity index (χ2v) is 13.5. The number of aliphatic imine (C=N–C) groups is 1. The van der Waals surface area contributed by atoms with E-state index in [1.54, 1.807) is 24.8 Å². The first-order valence-electron chi connectivity index (χ1n) is 18.9. The number of unbranched alkanes of at least 4 members (excludes halogenated alkanes) is 1. The molecule has 13 nitrogen and oxygen atoms in total. The quantitative estimate of drug-likeness (QED) is 0.0357. The minimum atomic E-state index is -1.25. The molecule has 0 saturated heterocycles. The number of benzene rings is 1. The molecule has 0 aliphatic rings.